The van der Waals surface area contributed by atoms with E-state index in [0.717, 1.165) is 28.0 Å². The highest BCUT2D eigenvalue weighted by molar-refractivity contribution is 6.03. The molecule has 4 rings (SSSR count). The zero-order valence-corrected chi connectivity index (χ0v) is 20.1. The van der Waals surface area contributed by atoms with Crippen LogP contribution in [0.1, 0.15) is 54.7 Å². The van der Waals surface area contributed by atoms with Crippen molar-refractivity contribution < 1.29 is 9.53 Å². The van der Waals surface area contributed by atoms with Crippen molar-refractivity contribution in [2.45, 2.75) is 39.7 Å². The van der Waals surface area contributed by atoms with E-state index in [4.69, 9.17) is 4.74 Å². The number of rotatable bonds is 6. The van der Waals surface area contributed by atoms with E-state index in [0.29, 0.717) is 12.2 Å². The maximum atomic E-state index is 12.5. The lowest BCUT2D eigenvalue weighted by Gasteiger charge is -2.19. The summed E-state index contributed by atoms with van der Waals surface area (Å²) < 4.78 is 5.90. The summed E-state index contributed by atoms with van der Waals surface area (Å²) in [5.74, 6) is 0.582. The van der Waals surface area contributed by atoms with Gasteiger partial charge in [0.15, 0.2) is 0 Å². The fraction of sp³-hybridized carbons (Fsp3) is 0.200. The number of ether oxygens (including phenoxy) is 1. The van der Waals surface area contributed by atoms with E-state index in [1.54, 1.807) is 12.1 Å². The first-order chi connectivity index (χ1) is 16.3. The average molecular weight is 451 g/mol. The number of nitrogens with zero attached hydrogens (tertiary/aromatic N) is 1. The summed E-state index contributed by atoms with van der Waals surface area (Å²) in [6.07, 6.45) is 0. The minimum Gasteiger partial charge on any atom is -0.489 e. The summed E-state index contributed by atoms with van der Waals surface area (Å²) in [4.78, 5) is 12.5. The SMILES string of the molecule is C/C(=N\NC(=O)c1ccc(COc2ccc(C(C)(C)C)cc2)cc1)c1ccc2ccccc2c1. The van der Waals surface area contributed by atoms with Crippen LogP contribution in [-0.2, 0) is 12.0 Å². The molecule has 0 fully saturated rings. The summed E-state index contributed by atoms with van der Waals surface area (Å²) in [6, 6.07) is 29.9. The van der Waals surface area contributed by atoms with Gasteiger partial charge in [-0.25, -0.2) is 5.43 Å². The van der Waals surface area contributed by atoms with E-state index in [-0.39, 0.29) is 11.3 Å². The van der Waals surface area contributed by atoms with E-state index in [1.807, 2.05) is 49.4 Å². The highest BCUT2D eigenvalue weighted by Gasteiger charge is 2.13. The first kappa shape index (κ1) is 23.2. The molecule has 0 saturated carbocycles. The van der Waals surface area contributed by atoms with Crippen LogP contribution in [0.5, 0.6) is 5.75 Å². The fourth-order valence-corrected chi connectivity index (χ4v) is 3.65. The third kappa shape index (κ3) is 5.70. The second kappa shape index (κ2) is 9.92. The molecule has 1 N–H and O–H groups in total. The number of hydrazone groups is 1. The van der Waals surface area contributed by atoms with Crippen molar-refractivity contribution in [3.05, 3.63) is 113 Å². The number of fused-ring (bicyclic) bond motifs is 1. The van der Waals surface area contributed by atoms with Gasteiger partial charge in [0.2, 0.25) is 0 Å². The summed E-state index contributed by atoms with van der Waals surface area (Å²) in [5, 5.41) is 6.61. The molecule has 0 unspecified atom stereocenters. The predicted octanol–water partition coefficient (Wildman–Crippen LogP) is 6.87. The van der Waals surface area contributed by atoms with Crippen molar-refractivity contribution in [2.24, 2.45) is 5.10 Å². The number of benzene rings is 4. The largest absolute Gasteiger partial charge is 0.489 e. The minimum absolute atomic E-state index is 0.118. The summed E-state index contributed by atoms with van der Waals surface area (Å²) in [6.45, 7) is 8.90. The van der Waals surface area contributed by atoms with Crippen molar-refractivity contribution in [1.29, 1.82) is 0 Å². The monoisotopic (exact) mass is 450 g/mol. The molecule has 4 heteroatoms. The molecule has 0 radical (unpaired) electrons. The van der Waals surface area contributed by atoms with Crippen LogP contribution in [-0.4, -0.2) is 11.6 Å². The maximum absolute atomic E-state index is 12.5. The Balaban J connectivity index is 1.34. The molecule has 0 aromatic heterocycles. The Labute approximate surface area is 201 Å². The highest BCUT2D eigenvalue weighted by Crippen LogP contribution is 2.24. The molecule has 4 nitrogen and oxygen atoms in total. The number of amides is 1. The predicted molar refractivity (Wildman–Crippen MR) is 140 cm³/mol. The molecular formula is C30H30N2O2. The molecule has 172 valence electrons. The van der Waals surface area contributed by atoms with Gasteiger partial charge in [0.05, 0.1) is 5.71 Å². The van der Waals surface area contributed by atoms with Gasteiger partial charge in [-0.05, 0) is 70.1 Å². The van der Waals surface area contributed by atoms with Crippen molar-refractivity contribution in [2.75, 3.05) is 0 Å². The van der Waals surface area contributed by atoms with Gasteiger partial charge in [-0.2, -0.15) is 5.10 Å². The molecule has 34 heavy (non-hydrogen) atoms. The quantitative estimate of drug-likeness (QED) is 0.257. The van der Waals surface area contributed by atoms with Crippen LogP contribution in [0.4, 0.5) is 0 Å². The Morgan fingerprint density at radius 2 is 1.47 bits per heavy atom. The first-order valence-corrected chi connectivity index (χ1v) is 11.5. The summed E-state index contributed by atoms with van der Waals surface area (Å²) in [5.41, 5.74) is 7.32. The fourth-order valence-electron chi connectivity index (χ4n) is 3.65. The van der Waals surface area contributed by atoms with Gasteiger partial charge in [-0.3, -0.25) is 4.79 Å². The number of nitrogens with one attached hydrogen (secondary N) is 1. The third-order valence-electron chi connectivity index (χ3n) is 5.83. The number of carbonyl (C=O) groups excluding carboxylic acids is 1. The number of hydrogen-bond acceptors (Lipinski definition) is 3. The van der Waals surface area contributed by atoms with Gasteiger partial charge in [0.1, 0.15) is 12.4 Å². The number of carbonyl (C=O) groups is 1. The van der Waals surface area contributed by atoms with Crippen LogP contribution in [0.2, 0.25) is 0 Å². The molecule has 0 atom stereocenters. The number of hydrogen-bond donors (Lipinski definition) is 1. The Morgan fingerprint density at radius 3 is 2.15 bits per heavy atom. The second-order valence-electron chi connectivity index (χ2n) is 9.46. The Kier molecular flexibility index (Phi) is 6.78. The highest BCUT2D eigenvalue weighted by atomic mass is 16.5. The molecule has 0 spiro atoms. The van der Waals surface area contributed by atoms with Crippen LogP contribution >= 0.6 is 0 Å². The molecule has 0 aliphatic carbocycles. The van der Waals surface area contributed by atoms with E-state index in [9.17, 15) is 4.79 Å². The molecular weight excluding hydrogens is 420 g/mol. The van der Waals surface area contributed by atoms with Crippen molar-refractivity contribution in [1.82, 2.24) is 5.43 Å². The summed E-state index contributed by atoms with van der Waals surface area (Å²) in [7, 11) is 0. The molecule has 0 aliphatic heterocycles. The van der Waals surface area contributed by atoms with Crippen LogP contribution in [0, 0.1) is 0 Å². The van der Waals surface area contributed by atoms with Crippen LogP contribution in [0.25, 0.3) is 10.8 Å². The normalized spacial score (nSPS) is 11.9. The van der Waals surface area contributed by atoms with Crippen LogP contribution in [0.15, 0.2) is 96.1 Å². The minimum atomic E-state index is -0.245. The van der Waals surface area contributed by atoms with Gasteiger partial charge in [-0.1, -0.05) is 81.4 Å². The van der Waals surface area contributed by atoms with Gasteiger partial charge >= 0.3 is 0 Å². The molecule has 0 aliphatic rings. The molecule has 1 amide bonds. The lowest BCUT2D eigenvalue weighted by atomic mass is 9.87. The Morgan fingerprint density at radius 1 is 0.824 bits per heavy atom. The second-order valence-corrected chi connectivity index (χ2v) is 9.46. The van der Waals surface area contributed by atoms with Crippen molar-refractivity contribution in [3.8, 4) is 5.75 Å². The lowest BCUT2D eigenvalue weighted by Crippen LogP contribution is -2.19. The standard InChI is InChI=1S/C30H30N2O2/c1-21(25-14-13-23-7-5-6-8-26(23)19-25)31-32-29(33)24-11-9-22(10-12-24)20-34-28-17-15-27(16-18-28)30(2,3)4/h5-19H,20H2,1-4H3,(H,32,33)/b31-21+. The zero-order valence-electron chi connectivity index (χ0n) is 20.1. The van der Waals surface area contributed by atoms with Crippen molar-refractivity contribution >= 4 is 22.4 Å². The topological polar surface area (TPSA) is 50.7 Å². The van der Waals surface area contributed by atoms with E-state index < -0.39 is 0 Å². The summed E-state index contributed by atoms with van der Waals surface area (Å²) >= 11 is 0. The van der Waals surface area contributed by atoms with Gasteiger partial charge < -0.3 is 4.74 Å². The molecule has 0 saturated heterocycles. The average Bonchev–Trinajstić information content (AvgIpc) is 2.85. The molecule has 0 bridgehead atoms. The Hall–Kier alpha value is -3.92. The first-order valence-electron chi connectivity index (χ1n) is 11.5. The van der Waals surface area contributed by atoms with Gasteiger partial charge in [0, 0.05) is 5.56 Å². The zero-order chi connectivity index (χ0) is 24.1. The van der Waals surface area contributed by atoms with E-state index in [2.05, 4.69) is 67.7 Å². The smallest absolute Gasteiger partial charge is 0.271 e. The van der Waals surface area contributed by atoms with Crippen LogP contribution < -0.4 is 10.2 Å². The van der Waals surface area contributed by atoms with Crippen molar-refractivity contribution in [3.63, 3.8) is 0 Å². The third-order valence-corrected chi connectivity index (χ3v) is 5.83. The van der Waals surface area contributed by atoms with Gasteiger partial charge in [-0.15, -0.1) is 0 Å². The van der Waals surface area contributed by atoms with Gasteiger partial charge in [0.25, 0.3) is 5.91 Å². The Bertz CT molecular complexity index is 1310. The van der Waals surface area contributed by atoms with E-state index in [1.165, 1.54) is 10.9 Å². The lowest BCUT2D eigenvalue weighted by molar-refractivity contribution is 0.0954. The van der Waals surface area contributed by atoms with E-state index >= 15 is 0 Å². The maximum Gasteiger partial charge on any atom is 0.271 e. The molecule has 4 aromatic carbocycles. The van der Waals surface area contributed by atoms with Crippen LogP contribution in [0.3, 0.4) is 0 Å². The molecule has 4 aromatic rings. The molecule has 0 heterocycles.